The van der Waals surface area contributed by atoms with E-state index in [1.807, 2.05) is 0 Å². The number of carboxylic acid groups (broad SMARTS) is 1. The summed E-state index contributed by atoms with van der Waals surface area (Å²) in [7, 11) is 1.60. The average Bonchev–Trinajstić information content (AvgIpc) is 2.46. The summed E-state index contributed by atoms with van der Waals surface area (Å²) in [5, 5.41) is 14.3. The minimum atomic E-state index is -5.08. The number of nitrogens with zero attached hydrogens (tertiary/aromatic N) is 1. The van der Waals surface area contributed by atoms with Crippen LogP contribution in [-0.4, -0.2) is 43.2 Å². The number of halogens is 3. The Bertz CT molecular complexity index is 257. The van der Waals surface area contributed by atoms with E-state index in [-0.39, 0.29) is 0 Å². The number of hydrogen-bond donors (Lipinski definition) is 2. The van der Waals surface area contributed by atoms with Crippen molar-refractivity contribution in [2.45, 2.75) is 25.4 Å². The van der Waals surface area contributed by atoms with Gasteiger partial charge in [-0.1, -0.05) is 5.16 Å². The topological polar surface area (TPSA) is 70.9 Å². The summed E-state index contributed by atoms with van der Waals surface area (Å²) in [5.41, 5.74) is 1.19. The molecule has 1 saturated heterocycles. The van der Waals surface area contributed by atoms with Crippen LogP contribution in [0, 0.1) is 0 Å². The number of aliphatic carboxylic acids is 1. The van der Waals surface area contributed by atoms with Crippen molar-refractivity contribution in [2.75, 3.05) is 20.2 Å². The molecule has 0 aliphatic carbocycles. The molecule has 1 fully saturated rings. The molecule has 0 radical (unpaired) electrons. The van der Waals surface area contributed by atoms with E-state index in [9.17, 15) is 13.2 Å². The second-order valence-corrected chi connectivity index (χ2v) is 3.25. The highest BCUT2D eigenvalue weighted by molar-refractivity contribution is 5.84. The second-order valence-electron chi connectivity index (χ2n) is 3.25. The van der Waals surface area contributed by atoms with Gasteiger partial charge in [-0.2, -0.15) is 13.2 Å². The minimum absolute atomic E-state index is 1.04. The second kappa shape index (κ2) is 7.88. The normalized spacial score (nSPS) is 18.9. The summed E-state index contributed by atoms with van der Waals surface area (Å²) in [6.45, 7) is 2.16. The lowest BCUT2D eigenvalue weighted by Crippen LogP contribution is -2.21. The highest BCUT2D eigenvalue weighted by Crippen LogP contribution is 2.13. The van der Waals surface area contributed by atoms with E-state index in [0.717, 1.165) is 25.9 Å². The van der Waals surface area contributed by atoms with Crippen LogP contribution < -0.4 is 5.32 Å². The van der Waals surface area contributed by atoms with Gasteiger partial charge in [-0.15, -0.1) is 0 Å². The smallest absolute Gasteiger partial charge is 0.475 e. The molecular weight excluding hydrogens is 241 g/mol. The maximum absolute atomic E-state index is 10.6. The quantitative estimate of drug-likeness (QED) is 0.695. The molecule has 1 aliphatic heterocycles. The van der Waals surface area contributed by atoms with Crippen molar-refractivity contribution in [3.63, 3.8) is 0 Å². The lowest BCUT2D eigenvalue weighted by molar-refractivity contribution is -0.192. The van der Waals surface area contributed by atoms with Gasteiger partial charge in [0.2, 0.25) is 0 Å². The van der Waals surface area contributed by atoms with Crippen LogP contribution in [0.25, 0.3) is 0 Å². The van der Waals surface area contributed by atoms with Gasteiger partial charge in [0, 0.05) is 13.0 Å². The maximum Gasteiger partial charge on any atom is 0.490 e. The third kappa shape index (κ3) is 8.49. The summed E-state index contributed by atoms with van der Waals surface area (Å²) >= 11 is 0. The number of carbonyl (C=O) groups is 1. The lowest BCUT2D eigenvalue weighted by Gasteiger charge is -1.97. The van der Waals surface area contributed by atoms with Gasteiger partial charge < -0.3 is 15.3 Å². The van der Waals surface area contributed by atoms with Gasteiger partial charge in [0.1, 0.15) is 7.11 Å². The van der Waals surface area contributed by atoms with E-state index >= 15 is 0 Å². The zero-order chi connectivity index (χ0) is 13.3. The summed E-state index contributed by atoms with van der Waals surface area (Å²) in [4.78, 5) is 13.6. The van der Waals surface area contributed by atoms with Gasteiger partial charge in [-0.3, -0.25) is 0 Å². The molecule has 100 valence electrons. The average molecular weight is 256 g/mol. The number of hydrogen-bond acceptors (Lipinski definition) is 4. The zero-order valence-electron chi connectivity index (χ0n) is 9.38. The van der Waals surface area contributed by atoms with E-state index in [2.05, 4.69) is 10.5 Å². The summed E-state index contributed by atoms with van der Waals surface area (Å²) in [6, 6.07) is 0. The fourth-order valence-corrected chi connectivity index (χ4v) is 1.12. The fraction of sp³-hybridized carbons (Fsp3) is 0.778. The third-order valence-corrected chi connectivity index (χ3v) is 1.87. The Labute approximate surface area is 96.6 Å². The molecule has 1 heterocycles. The predicted molar refractivity (Wildman–Crippen MR) is 54.9 cm³/mol. The SMILES string of the molecule is CON=C1CCCNCC1.O=C(O)C(F)(F)F. The molecule has 0 spiro atoms. The number of nitrogens with one attached hydrogen (secondary N) is 1. The summed E-state index contributed by atoms with van der Waals surface area (Å²) < 4.78 is 31.7. The van der Waals surface area contributed by atoms with Crippen molar-refractivity contribution < 1.29 is 27.9 Å². The Morgan fingerprint density at radius 3 is 2.47 bits per heavy atom. The van der Waals surface area contributed by atoms with Crippen LogP contribution in [-0.2, 0) is 9.63 Å². The van der Waals surface area contributed by atoms with E-state index < -0.39 is 12.1 Å². The zero-order valence-corrected chi connectivity index (χ0v) is 9.38. The van der Waals surface area contributed by atoms with Gasteiger partial charge in [-0.05, 0) is 19.4 Å². The molecule has 0 aromatic heterocycles. The van der Waals surface area contributed by atoms with Crippen LogP contribution in [0.4, 0.5) is 13.2 Å². The maximum atomic E-state index is 10.6. The standard InChI is InChI=1S/C7H14N2O.C2HF3O2/c1-10-9-7-3-2-5-8-6-4-7;3-2(4,5)1(6)7/h8H,2-6H2,1H3;(H,6,7). The minimum Gasteiger partial charge on any atom is -0.475 e. The molecule has 0 atom stereocenters. The molecule has 0 aromatic rings. The van der Waals surface area contributed by atoms with Crippen molar-refractivity contribution in [3.05, 3.63) is 0 Å². The number of carboxylic acids is 1. The van der Waals surface area contributed by atoms with Crippen LogP contribution in [0.3, 0.4) is 0 Å². The Balaban J connectivity index is 0.000000325. The Kier molecular flexibility index (Phi) is 7.27. The van der Waals surface area contributed by atoms with Crippen molar-refractivity contribution in [2.24, 2.45) is 5.16 Å². The molecule has 1 aliphatic rings. The number of alkyl halides is 3. The monoisotopic (exact) mass is 256 g/mol. The fourth-order valence-electron chi connectivity index (χ4n) is 1.12. The first-order chi connectivity index (χ1) is 7.88. The summed E-state index contributed by atoms with van der Waals surface area (Å²) in [5.74, 6) is -2.76. The highest BCUT2D eigenvalue weighted by Gasteiger charge is 2.38. The highest BCUT2D eigenvalue weighted by atomic mass is 19.4. The Hall–Kier alpha value is -1.31. The molecule has 0 saturated carbocycles. The van der Waals surface area contributed by atoms with E-state index in [1.54, 1.807) is 7.11 Å². The molecule has 17 heavy (non-hydrogen) atoms. The van der Waals surface area contributed by atoms with Gasteiger partial charge in [0.15, 0.2) is 0 Å². The van der Waals surface area contributed by atoms with E-state index in [4.69, 9.17) is 14.7 Å². The molecule has 0 amide bonds. The number of oxime groups is 1. The molecule has 0 aromatic carbocycles. The van der Waals surface area contributed by atoms with Crippen molar-refractivity contribution in [1.82, 2.24) is 5.32 Å². The molecule has 0 bridgehead atoms. The molecule has 2 N–H and O–H groups in total. The largest absolute Gasteiger partial charge is 0.490 e. The van der Waals surface area contributed by atoms with Crippen LogP contribution >= 0.6 is 0 Å². The van der Waals surface area contributed by atoms with Gasteiger partial charge in [0.05, 0.1) is 5.71 Å². The first-order valence-corrected chi connectivity index (χ1v) is 4.97. The van der Waals surface area contributed by atoms with Crippen molar-refractivity contribution >= 4 is 11.7 Å². The molecule has 1 rings (SSSR count). The van der Waals surface area contributed by atoms with Crippen LogP contribution in [0.5, 0.6) is 0 Å². The van der Waals surface area contributed by atoms with E-state index in [1.165, 1.54) is 12.1 Å². The van der Waals surface area contributed by atoms with Gasteiger partial charge >= 0.3 is 12.1 Å². The first-order valence-electron chi connectivity index (χ1n) is 4.97. The van der Waals surface area contributed by atoms with Crippen LogP contribution in [0.1, 0.15) is 19.3 Å². The molecule has 5 nitrogen and oxygen atoms in total. The number of rotatable bonds is 1. The third-order valence-electron chi connectivity index (χ3n) is 1.87. The van der Waals surface area contributed by atoms with Gasteiger partial charge in [0.25, 0.3) is 0 Å². The molecule has 0 unspecified atom stereocenters. The van der Waals surface area contributed by atoms with E-state index in [0.29, 0.717) is 0 Å². The van der Waals surface area contributed by atoms with Gasteiger partial charge in [-0.25, -0.2) is 4.79 Å². The van der Waals surface area contributed by atoms with Crippen LogP contribution in [0.2, 0.25) is 0 Å². The lowest BCUT2D eigenvalue weighted by atomic mass is 10.2. The predicted octanol–water partition coefficient (Wildman–Crippen LogP) is 1.40. The Morgan fingerprint density at radius 2 is 2.00 bits per heavy atom. The van der Waals surface area contributed by atoms with Crippen molar-refractivity contribution in [3.8, 4) is 0 Å². The first kappa shape index (κ1) is 15.7. The Morgan fingerprint density at radius 1 is 1.41 bits per heavy atom. The molecule has 8 heteroatoms. The van der Waals surface area contributed by atoms with Crippen LogP contribution in [0.15, 0.2) is 5.16 Å². The molecular formula is C9H15F3N2O3. The summed E-state index contributed by atoms with van der Waals surface area (Å²) in [6.07, 6.45) is -1.78. The van der Waals surface area contributed by atoms with Crippen molar-refractivity contribution in [1.29, 1.82) is 0 Å².